The topological polar surface area (TPSA) is 79.8 Å². The van der Waals surface area contributed by atoms with Gasteiger partial charge in [-0.1, -0.05) is 24.3 Å². The molecule has 6 heteroatoms. The zero-order valence-corrected chi connectivity index (χ0v) is 13.8. The van der Waals surface area contributed by atoms with Crippen LogP contribution in [-0.2, 0) is 11.3 Å². The fraction of sp³-hybridized carbons (Fsp3) is 0.0500. The second-order valence-electron chi connectivity index (χ2n) is 5.92. The van der Waals surface area contributed by atoms with E-state index in [4.69, 9.17) is 0 Å². The van der Waals surface area contributed by atoms with Crippen LogP contribution in [0.3, 0.4) is 0 Å². The average Bonchev–Trinajstić information content (AvgIpc) is 3.20. The van der Waals surface area contributed by atoms with Crippen molar-refractivity contribution in [3.8, 4) is 11.3 Å². The van der Waals surface area contributed by atoms with E-state index in [0.717, 1.165) is 16.8 Å². The minimum Gasteiger partial charge on any atom is -0.338 e. The number of carbonyl (C=O) groups excluding carboxylic acids is 1. The summed E-state index contributed by atoms with van der Waals surface area (Å²) in [5.74, 6) is -0.159. The number of hydrogen-bond acceptors (Lipinski definition) is 3. The van der Waals surface area contributed by atoms with Crippen LogP contribution in [-0.4, -0.2) is 20.7 Å². The van der Waals surface area contributed by atoms with Crippen LogP contribution in [0.5, 0.6) is 0 Å². The van der Waals surface area contributed by atoms with Gasteiger partial charge in [0, 0.05) is 29.5 Å². The first kappa shape index (κ1) is 15.8. The molecule has 0 radical (unpaired) electrons. The first-order valence-corrected chi connectivity index (χ1v) is 8.18. The third-order valence-corrected chi connectivity index (χ3v) is 4.18. The second-order valence-corrected chi connectivity index (χ2v) is 5.92. The molecule has 2 N–H and O–H groups in total. The largest absolute Gasteiger partial charge is 0.338 e. The number of aromatic amines is 1. The van der Waals surface area contributed by atoms with E-state index in [1.54, 1.807) is 23.0 Å². The lowest BCUT2D eigenvalue weighted by atomic mass is 10.1. The van der Waals surface area contributed by atoms with Crippen LogP contribution < -0.4 is 10.7 Å². The van der Waals surface area contributed by atoms with E-state index in [1.807, 2.05) is 48.5 Å². The molecule has 4 aromatic rings. The summed E-state index contributed by atoms with van der Waals surface area (Å²) in [6.07, 6.45) is 3.34. The van der Waals surface area contributed by atoms with Crippen LogP contribution >= 0.6 is 0 Å². The number of para-hydroxylation sites is 1. The lowest BCUT2D eigenvalue weighted by Gasteiger charge is -2.11. The number of H-pyrrole nitrogens is 1. The molecular weight excluding hydrogens is 328 g/mol. The van der Waals surface area contributed by atoms with Gasteiger partial charge in [-0.05, 0) is 35.9 Å². The Morgan fingerprint density at radius 2 is 1.85 bits per heavy atom. The van der Waals surface area contributed by atoms with E-state index in [1.165, 1.54) is 6.07 Å². The minimum absolute atomic E-state index is 0.0494. The number of nitrogens with one attached hydrogen (secondary N) is 2. The molecule has 128 valence electrons. The fourth-order valence-corrected chi connectivity index (χ4v) is 2.90. The van der Waals surface area contributed by atoms with Gasteiger partial charge >= 0.3 is 0 Å². The van der Waals surface area contributed by atoms with Crippen LogP contribution in [0.4, 0.5) is 5.69 Å². The average molecular weight is 344 g/mol. The molecule has 0 aliphatic rings. The van der Waals surface area contributed by atoms with E-state index >= 15 is 0 Å². The molecule has 1 amide bonds. The summed E-state index contributed by atoms with van der Waals surface area (Å²) in [7, 11) is 0. The Balaban J connectivity index is 1.51. The predicted molar refractivity (Wildman–Crippen MR) is 101 cm³/mol. The van der Waals surface area contributed by atoms with Gasteiger partial charge in [-0.15, -0.1) is 0 Å². The Hall–Kier alpha value is -3.67. The highest BCUT2D eigenvalue weighted by Crippen LogP contribution is 2.19. The molecule has 2 aromatic heterocycles. The van der Waals surface area contributed by atoms with Gasteiger partial charge in [0.25, 0.3) is 0 Å². The standard InChI is InChI=1S/C20H16N4O2/c25-19-10-12-24(18-4-2-1-3-16(18)19)13-20(26)22-15-7-5-14(6-8-15)17-9-11-21-23-17/h1-12H,13H2,(H,21,23)(H,22,26). The summed E-state index contributed by atoms with van der Waals surface area (Å²) in [6, 6.07) is 18.2. The number of aromatic nitrogens is 3. The van der Waals surface area contributed by atoms with Crippen LogP contribution in [0.15, 0.2) is 77.9 Å². The van der Waals surface area contributed by atoms with E-state index < -0.39 is 0 Å². The molecule has 0 saturated carbocycles. The number of benzene rings is 2. The zero-order valence-electron chi connectivity index (χ0n) is 13.8. The Kier molecular flexibility index (Phi) is 4.07. The van der Waals surface area contributed by atoms with Crippen molar-refractivity contribution in [2.24, 2.45) is 0 Å². The molecular formula is C20H16N4O2. The third kappa shape index (κ3) is 3.12. The molecule has 2 aromatic carbocycles. The lowest BCUT2D eigenvalue weighted by molar-refractivity contribution is -0.116. The van der Waals surface area contributed by atoms with Crippen molar-refractivity contribution in [1.82, 2.24) is 14.8 Å². The summed E-state index contributed by atoms with van der Waals surface area (Å²) in [5.41, 5.74) is 3.31. The first-order chi connectivity index (χ1) is 12.7. The Bertz CT molecular complexity index is 1110. The summed E-state index contributed by atoms with van der Waals surface area (Å²) in [5, 5.41) is 10.3. The van der Waals surface area contributed by atoms with Crippen molar-refractivity contribution in [1.29, 1.82) is 0 Å². The van der Waals surface area contributed by atoms with E-state index in [2.05, 4.69) is 15.5 Å². The highest BCUT2D eigenvalue weighted by molar-refractivity contribution is 5.92. The summed E-state index contributed by atoms with van der Waals surface area (Å²) < 4.78 is 1.77. The van der Waals surface area contributed by atoms with E-state index in [9.17, 15) is 9.59 Å². The van der Waals surface area contributed by atoms with Gasteiger partial charge in [0.05, 0.1) is 11.2 Å². The number of pyridine rings is 1. The molecule has 0 aliphatic heterocycles. The van der Waals surface area contributed by atoms with Crippen molar-refractivity contribution < 1.29 is 4.79 Å². The molecule has 0 spiro atoms. The predicted octanol–water partition coefficient (Wildman–Crippen LogP) is 3.03. The van der Waals surface area contributed by atoms with Crippen LogP contribution in [0.25, 0.3) is 22.2 Å². The number of carbonyl (C=O) groups is 1. The molecule has 0 bridgehead atoms. The fourth-order valence-electron chi connectivity index (χ4n) is 2.90. The maximum atomic E-state index is 12.4. The van der Waals surface area contributed by atoms with Crippen LogP contribution in [0.1, 0.15) is 0 Å². The highest BCUT2D eigenvalue weighted by atomic mass is 16.2. The summed E-state index contributed by atoms with van der Waals surface area (Å²) in [4.78, 5) is 24.3. The summed E-state index contributed by atoms with van der Waals surface area (Å²) >= 11 is 0. The van der Waals surface area contributed by atoms with Crippen molar-refractivity contribution in [3.63, 3.8) is 0 Å². The Labute approximate surface area is 149 Å². The van der Waals surface area contributed by atoms with Gasteiger partial charge in [0.15, 0.2) is 5.43 Å². The number of fused-ring (bicyclic) bond motifs is 1. The molecule has 0 fully saturated rings. The van der Waals surface area contributed by atoms with Crippen molar-refractivity contribution >= 4 is 22.5 Å². The monoisotopic (exact) mass is 344 g/mol. The normalized spacial score (nSPS) is 10.8. The molecule has 0 saturated heterocycles. The maximum Gasteiger partial charge on any atom is 0.244 e. The van der Waals surface area contributed by atoms with Gasteiger partial charge in [-0.25, -0.2) is 0 Å². The number of anilines is 1. The zero-order chi connectivity index (χ0) is 17.9. The quantitative estimate of drug-likeness (QED) is 0.597. The molecule has 26 heavy (non-hydrogen) atoms. The molecule has 2 heterocycles. The van der Waals surface area contributed by atoms with Gasteiger partial charge < -0.3 is 9.88 Å². The smallest absolute Gasteiger partial charge is 0.244 e. The van der Waals surface area contributed by atoms with Crippen LogP contribution in [0, 0.1) is 0 Å². The Morgan fingerprint density at radius 1 is 1.04 bits per heavy atom. The first-order valence-electron chi connectivity index (χ1n) is 8.18. The van der Waals surface area contributed by atoms with Gasteiger partial charge in [0.1, 0.15) is 6.54 Å². The van der Waals surface area contributed by atoms with Gasteiger partial charge in [-0.3, -0.25) is 14.7 Å². The second kappa shape index (κ2) is 6.68. The highest BCUT2D eigenvalue weighted by Gasteiger charge is 2.07. The molecule has 0 aliphatic carbocycles. The third-order valence-electron chi connectivity index (χ3n) is 4.18. The van der Waals surface area contributed by atoms with Crippen molar-refractivity contribution in [2.75, 3.05) is 5.32 Å². The van der Waals surface area contributed by atoms with E-state index in [-0.39, 0.29) is 17.9 Å². The molecule has 0 unspecified atom stereocenters. The maximum absolute atomic E-state index is 12.4. The van der Waals surface area contributed by atoms with Gasteiger partial charge in [-0.2, -0.15) is 5.10 Å². The molecule has 4 rings (SSSR count). The van der Waals surface area contributed by atoms with Gasteiger partial charge in [0.2, 0.25) is 5.91 Å². The lowest BCUT2D eigenvalue weighted by Crippen LogP contribution is -2.20. The number of rotatable bonds is 4. The van der Waals surface area contributed by atoms with Crippen LogP contribution in [0.2, 0.25) is 0 Å². The number of nitrogens with zero attached hydrogens (tertiary/aromatic N) is 2. The van der Waals surface area contributed by atoms with Crippen molar-refractivity contribution in [2.45, 2.75) is 6.54 Å². The molecule has 6 nitrogen and oxygen atoms in total. The molecule has 0 atom stereocenters. The summed E-state index contributed by atoms with van der Waals surface area (Å²) in [6.45, 7) is 0.128. The number of hydrogen-bond donors (Lipinski definition) is 2. The van der Waals surface area contributed by atoms with Crippen molar-refractivity contribution in [3.05, 3.63) is 83.3 Å². The van der Waals surface area contributed by atoms with E-state index in [0.29, 0.717) is 11.1 Å². The SMILES string of the molecule is O=C(Cn1ccc(=O)c2ccccc21)Nc1ccc(-c2ccn[nH]2)cc1. The Morgan fingerprint density at radius 3 is 2.62 bits per heavy atom. The minimum atomic E-state index is -0.159. The number of amides is 1.